The molecule has 0 saturated carbocycles. The highest BCUT2D eigenvalue weighted by molar-refractivity contribution is 14.1. The fourth-order valence-electron chi connectivity index (χ4n) is 3.81. The lowest BCUT2D eigenvalue weighted by Crippen LogP contribution is -2.21. The van der Waals surface area contributed by atoms with Gasteiger partial charge in [-0.25, -0.2) is 9.50 Å². The molecule has 0 bridgehead atoms. The smallest absolute Gasteiger partial charge is 0.276 e. The van der Waals surface area contributed by atoms with Gasteiger partial charge in [-0.3, -0.25) is 9.89 Å². The molecule has 2 aliphatic carbocycles. The van der Waals surface area contributed by atoms with Crippen molar-refractivity contribution in [1.29, 1.82) is 0 Å². The van der Waals surface area contributed by atoms with Gasteiger partial charge in [-0.2, -0.15) is 0 Å². The Morgan fingerprint density at radius 2 is 2.17 bits per heavy atom. The number of aromatic nitrogens is 3. The Balaban J connectivity index is 1.97. The van der Waals surface area contributed by atoms with E-state index in [9.17, 15) is 4.79 Å². The van der Waals surface area contributed by atoms with Crippen LogP contribution in [0.5, 0.6) is 0 Å². The first-order valence-corrected chi connectivity index (χ1v) is 9.50. The van der Waals surface area contributed by atoms with E-state index < -0.39 is 0 Å². The summed E-state index contributed by atoms with van der Waals surface area (Å²) < 4.78 is 7.36. The standard InChI is InChI=1S/C18H20IN3O2/c1-9-11(7-8-14(24-3)16(9)19)15-10(2)21-22-17(15)20-13-6-4-5-12(13)18(22)23/h7-9,16,21H,4-6H2,1-3H3. The Hall–Kier alpha value is -1.57. The summed E-state index contributed by atoms with van der Waals surface area (Å²) in [5, 5.41) is 3.23. The van der Waals surface area contributed by atoms with Gasteiger partial charge in [0.2, 0.25) is 0 Å². The highest BCUT2D eigenvalue weighted by atomic mass is 127. The maximum atomic E-state index is 12.8. The molecule has 2 aromatic heterocycles. The number of hydrogen-bond donors (Lipinski definition) is 1. The predicted molar refractivity (Wildman–Crippen MR) is 103 cm³/mol. The van der Waals surface area contributed by atoms with Crippen molar-refractivity contribution >= 4 is 33.8 Å². The lowest BCUT2D eigenvalue weighted by atomic mass is 9.87. The van der Waals surface area contributed by atoms with Gasteiger partial charge in [0, 0.05) is 22.7 Å². The third kappa shape index (κ3) is 2.18. The molecule has 126 valence electrons. The summed E-state index contributed by atoms with van der Waals surface area (Å²) in [6.07, 6.45) is 6.90. The zero-order valence-corrected chi connectivity index (χ0v) is 16.2. The van der Waals surface area contributed by atoms with E-state index >= 15 is 0 Å². The quantitative estimate of drug-likeness (QED) is 0.580. The molecule has 4 rings (SSSR count). The molecule has 2 aliphatic rings. The van der Waals surface area contributed by atoms with Gasteiger partial charge in [0.25, 0.3) is 5.56 Å². The number of methoxy groups -OCH3 is 1. The topological polar surface area (TPSA) is 59.4 Å². The van der Waals surface area contributed by atoms with Crippen molar-refractivity contribution in [2.75, 3.05) is 7.11 Å². The van der Waals surface area contributed by atoms with E-state index in [4.69, 9.17) is 9.72 Å². The van der Waals surface area contributed by atoms with E-state index in [1.165, 1.54) is 5.57 Å². The Labute approximate surface area is 153 Å². The number of ether oxygens (including phenoxy) is 1. The van der Waals surface area contributed by atoms with Gasteiger partial charge in [-0.15, -0.1) is 0 Å². The van der Waals surface area contributed by atoms with Gasteiger partial charge in [-0.1, -0.05) is 35.6 Å². The molecule has 0 amide bonds. The van der Waals surface area contributed by atoms with Crippen molar-refractivity contribution < 1.29 is 4.74 Å². The molecule has 6 heteroatoms. The van der Waals surface area contributed by atoms with Gasteiger partial charge in [-0.05, 0) is 37.8 Å². The maximum absolute atomic E-state index is 12.8. The second-order valence-corrected chi connectivity index (χ2v) is 7.89. The van der Waals surface area contributed by atoms with Crippen molar-refractivity contribution in [3.8, 4) is 0 Å². The number of halogens is 1. The number of H-pyrrole nitrogens is 1. The van der Waals surface area contributed by atoms with Gasteiger partial charge in [0.15, 0.2) is 5.65 Å². The minimum absolute atomic E-state index is 0.0602. The van der Waals surface area contributed by atoms with E-state index in [1.807, 2.05) is 13.0 Å². The molecule has 2 aromatic rings. The highest BCUT2D eigenvalue weighted by Crippen LogP contribution is 2.39. The Morgan fingerprint density at radius 3 is 2.92 bits per heavy atom. The first-order chi connectivity index (χ1) is 11.5. The van der Waals surface area contributed by atoms with Gasteiger partial charge in [0.1, 0.15) is 5.76 Å². The monoisotopic (exact) mass is 437 g/mol. The number of rotatable bonds is 2. The van der Waals surface area contributed by atoms with E-state index in [2.05, 4.69) is 40.7 Å². The summed E-state index contributed by atoms with van der Waals surface area (Å²) in [4.78, 5) is 17.6. The third-order valence-electron chi connectivity index (χ3n) is 5.13. The summed E-state index contributed by atoms with van der Waals surface area (Å²) in [6, 6.07) is 0. The van der Waals surface area contributed by atoms with Crippen LogP contribution in [0, 0.1) is 12.8 Å². The largest absolute Gasteiger partial charge is 0.500 e. The van der Waals surface area contributed by atoms with E-state index in [-0.39, 0.29) is 15.4 Å². The fourth-order valence-corrected chi connectivity index (χ4v) is 4.66. The summed E-state index contributed by atoms with van der Waals surface area (Å²) in [6.45, 7) is 4.21. The molecule has 0 aliphatic heterocycles. The van der Waals surface area contributed by atoms with E-state index in [1.54, 1.807) is 11.6 Å². The molecule has 0 fully saturated rings. The molecular formula is C18H20IN3O2. The van der Waals surface area contributed by atoms with Gasteiger partial charge >= 0.3 is 0 Å². The van der Waals surface area contributed by atoms with Crippen LogP contribution in [0.25, 0.3) is 11.2 Å². The van der Waals surface area contributed by atoms with Crippen LogP contribution in [0.15, 0.2) is 22.7 Å². The zero-order valence-electron chi connectivity index (χ0n) is 14.0. The minimum Gasteiger partial charge on any atom is -0.500 e. The highest BCUT2D eigenvalue weighted by Gasteiger charge is 2.30. The first-order valence-electron chi connectivity index (χ1n) is 8.26. The first kappa shape index (κ1) is 15.9. The van der Waals surface area contributed by atoms with Gasteiger partial charge < -0.3 is 4.74 Å². The number of fused-ring (bicyclic) bond motifs is 2. The molecule has 2 unspecified atom stereocenters. The summed E-state index contributed by atoms with van der Waals surface area (Å²) >= 11 is 2.42. The molecule has 1 N–H and O–H groups in total. The number of aromatic amines is 1. The SMILES string of the molecule is COC1=CC=C(c2c(C)[nH]n3c(=O)c4c(nc23)CCC4)C(C)C1I. The summed E-state index contributed by atoms with van der Waals surface area (Å²) in [5.74, 6) is 1.27. The normalized spacial score (nSPS) is 23.2. The molecule has 0 aromatic carbocycles. The number of hydrogen-bond acceptors (Lipinski definition) is 3. The van der Waals surface area contributed by atoms with Crippen LogP contribution in [0.2, 0.25) is 0 Å². The van der Waals surface area contributed by atoms with Crippen molar-refractivity contribution in [3.63, 3.8) is 0 Å². The zero-order chi connectivity index (χ0) is 17.0. The average molecular weight is 437 g/mol. The van der Waals surface area contributed by atoms with E-state index in [0.717, 1.165) is 53.2 Å². The lowest BCUT2D eigenvalue weighted by Gasteiger charge is -2.26. The van der Waals surface area contributed by atoms with Crippen LogP contribution in [0.3, 0.4) is 0 Å². The molecule has 2 heterocycles. The second-order valence-electron chi connectivity index (χ2n) is 6.55. The van der Waals surface area contributed by atoms with Gasteiger partial charge in [0.05, 0.1) is 16.7 Å². The van der Waals surface area contributed by atoms with Crippen molar-refractivity contribution in [2.24, 2.45) is 5.92 Å². The number of nitrogens with one attached hydrogen (secondary N) is 1. The Bertz CT molecular complexity index is 951. The molecule has 0 radical (unpaired) electrons. The van der Waals surface area contributed by atoms with Crippen LogP contribution in [-0.4, -0.2) is 25.6 Å². The van der Waals surface area contributed by atoms with Crippen molar-refractivity contribution in [3.05, 3.63) is 50.8 Å². The van der Waals surface area contributed by atoms with E-state index in [0.29, 0.717) is 0 Å². The molecule has 2 atom stereocenters. The number of nitrogens with zero attached hydrogens (tertiary/aromatic N) is 2. The van der Waals surface area contributed by atoms with Crippen LogP contribution in [0.4, 0.5) is 0 Å². The van der Waals surface area contributed by atoms with Crippen LogP contribution in [0.1, 0.15) is 35.9 Å². The Morgan fingerprint density at radius 1 is 1.38 bits per heavy atom. The summed E-state index contributed by atoms with van der Waals surface area (Å²) in [7, 11) is 1.71. The van der Waals surface area contributed by atoms with Crippen LogP contribution in [-0.2, 0) is 17.6 Å². The van der Waals surface area contributed by atoms with Crippen LogP contribution >= 0.6 is 22.6 Å². The summed E-state index contributed by atoms with van der Waals surface area (Å²) in [5.41, 5.74) is 5.92. The molecule has 24 heavy (non-hydrogen) atoms. The van der Waals surface area contributed by atoms with Crippen molar-refractivity contribution in [1.82, 2.24) is 14.6 Å². The predicted octanol–water partition coefficient (Wildman–Crippen LogP) is 3.19. The second kappa shape index (κ2) is 5.75. The lowest BCUT2D eigenvalue weighted by molar-refractivity contribution is 0.275. The minimum atomic E-state index is 0.0602. The number of allylic oxidation sites excluding steroid dienone is 4. The number of aryl methyl sites for hydroxylation is 2. The van der Waals surface area contributed by atoms with Crippen molar-refractivity contribution in [2.45, 2.75) is 37.0 Å². The molecule has 0 saturated heterocycles. The molecule has 5 nitrogen and oxygen atoms in total. The van der Waals surface area contributed by atoms with Crippen LogP contribution < -0.4 is 5.56 Å². The Kier molecular flexibility index (Phi) is 3.82. The fraction of sp³-hybridized carbons (Fsp3) is 0.444. The molecule has 0 spiro atoms. The number of alkyl halides is 1. The maximum Gasteiger partial charge on any atom is 0.276 e. The third-order valence-corrected chi connectivity index (χ3v) is 6.83. The average Bonchev–Trinajstić information content (AvgIpc) is 3.15. The molecular weight excluding hydrogens is 417 g/mol.